The Hall–Kier alpha value is -2.95. The average molecular weight is 366 g/mol. The molecule has 3 rings (SSSR count). The number of carbonyl (C=O) groups is 3. The van der Waals surface area contributed by atoms with Crippen LogP contribution in [0.1, 0.15) is 32.1 Å². The second-order valence-corrected chi connectivity index (χ2v) is 6.64. The van der Waals surface area contributed by atoms with E-state index < -0.39 is 11.9 Å². The molecule has 0 N–H and O–H groups in total. The quantitative estimate of drug-likeness (QED) is 0.439. The van der Waals surface area contributed by atoms with Gasteiger partial charge >= 0.3 is 11.9 Å². The maximum Gasteiger partial charge on any atom is 0.336 e. The highest BCUT2D eigenvalue weighted by molar-refractivity contribution is 5.96. The Labute approximate surface area is 158 Å². The first-order valence-electron chi connectivity index (χ1n) is 9.20. The largest absolute Gasteiger partial charge is 0.455 e. The Morgan fingerprint density at radius 3 is 2.41 bits per heavy atom. The van der Waals surface area contributed by atoms with Crippen LogP contribution in [0.5, 0.6) is 5.75 Å². The molecular formula is C22H22O5. The van der Waals surface area contributed by atoms with E-state index in [9.17, 15) is 14.4 Å². The van der Waals surface area contributed by atoms with Crippen molar-refractivity contribution in [1.82, 2.24) is 0 Å². The predicted molar refractivity (Wildman–Crippen MR) is 101 cm³/mol. The Bertz CT molecular complexity index is 857. The van der Waals surface area contributed by atoms with Gasteiger partial charge in [0.25, 0.3) is 0 Å². The third-order valence-corrected chi connectivity index (χ3v) is 4.73. The third-order valence-electron chi connectivity index (χ3n) is 4.73. The SMILES string of the molecule is O=C(/C=C/C(=O)Oc1cccc2ccccc12)OCC(=O)C1CCCCC1. The monoisotopic (exact) mass is 366 g/mol. The van der Waals surface area contributed by atoms with Gasteiger partial charge in [-0.3, -0.25) is 4.79 Å². The van der Waals surface area contributed by atoms with Crippen molar-refractivity contribution in [3.63, 3.8) is 0 Å². The highest BCUT2D eigenvalue weighted by Crippen LogP contribution is 2.25. The molecule has 0 radical (unpaired) electrons. The van der Waals surface area contributed by atoms with Crippen LogP contribution in [0, 0.1) is 5.92 Å². The summed E-state index contributed by atoms with van der Waals surface area (Å²) in [7, 11) is 0. The molecule has 0 aliphatic heterocycles. The highest BCUT2D eigenvalue weighted by atomic mass is 16.5. The Morgan fingerprint density at radius 1 is 0.889 bits per heavy atom. The van der Waals surface area contributed by atoms with E-state index in [1.54, 1.807) is 12.1 Å². The number of carbonyl (C=O) groups excluding carboxylic acids is 3. The number of esters is 2. The number of ketones is 1. The molecule has 0 unspecified atom stereocenters. The summed E-state index contributed by atoms with van der Waals surface area (Å²) in [4.78, 5) is 35.7. The normalized spacial score (nSPS) is 15.0. The highest BCUT2D eigenvalue weighted by Gasteiger charge is 2.21. The fraction of sp³-hybridized carbons (Fsp3) is 0.318. The zero-order chi connectivity index (χ0) is 19.1. The molecule has 2 aromatic rings. The summed E-state index contributed by atoms with van der Waals surface area (Å²) in [6, 6.07) is 12.9. The van der Waals surface area contributed by atoms with Crippen molar-refractivity contribution >= 4 is 28.5 Å². The van der Waals surface area contributed by atoms with Crippen molar-refractivity contribution in [2.75, 3.05) is 6.61 Å². The van der Waals surface area contributed by atoms with Gasteiger partial charge in [0.1, 0.15) is 5.75 Å². The van der Waals surface area contributed by atoms with Gasteiger partial charge in [0.15, 0.2) is 12.4 Å². The second-order valence-electron chi connectivity index (χ2n) is 6.64. The van der Waals surface area contributed by atoms with Crippen LogP contribution in [-0.2, 0) is 19.1 Å². The standard InChI is InChI=1S/C22H22O5/c23-19(17-8-2-1-3-9-17)15-26-21(24)13-14-22(25)27-20-12-6-10-16-7-4-5-11-18(16)20/h4-7,10-14,17H,1-3,8-9,15H2/b14-13+. The molecule has 27 heavy (non-hydrogen) atoms. The molecule has 0 bridgehead atoms. The molecule has 140 valence electrons. The van der Waals surface area contributed by atoms with E-state index in [4.69, 9.17) is 9.47 Å². The molecule has 2 aromatic carbocycles. The van der Waals surface area contributed by atoms with Crippen molar-refractivity contribution in [1.29, 1.82) is 0 Å². The lowest BCUT2D eigenvalue weighted by molar-refractivity contribution is -0.144. The molecule has 0 heterocycles. The number of benzene rings is 2. The fourth-order valence-corrected chi connectivity index (χ4v) is 3.30. The summed E-state index contributed by atoms with van der Waals surface area (Å²) in [5.74, 6) is -1.04. The molecule has 5 nitrogen and oxygen atoms in total. The van der Waals surface area contributed by atoms with Gasteiger partial charge in [0.05, 0.1) is 0 Å². The lowest BCUT2D eigenvalue weighted by atomic mass is 9.86. The van der Waals surface area contributed by atoms with Crippen LogP contribution < -0.4 is 4.74 Å². The molecule has 0 atom stereocenters. The molecule has 0 saturated heterocycles. The summed E-state index contributed by atoms with van der Waals surface area (Å²) < 4.78 is 10.2. The molecule has 0 aromatic heterocycles. The van der Waals surface area contributed by atoms with Gasteiger partial charge in [-0.15, -0.1) is 0 Å². The molecule has 1 aliphatic carbocycles. The van der Waals surface area contributed by atoms with Gasteiger partial charge in [-0.1, -0.05) is 55.7 Å². The van der Waals surface area contributed by atoms with E-state index >= 15 is 0 Å². The average Bonchev–Trinajstić information content (AvgIpc) is 2.71. The summed E-state index contributed by atoms with van der Waals surface area (Å²) in [5.41, 5.74) is 0. The van der Waals surface area contributed by atoms with Crippen LogP contribution in [0.25, 0.3) is 10.8 Å². The van der Waals surface area contributed by atoms with Crippen LogP contribution in [0.4, 0.5) is 0 Å². The smallest absolute Gasteiger partial charge is 0.336 e. The van der Waals surface area contributed by atoms with E-state index in [-0.39, 0.29) is 18.3 Å². The van der Waals surface area contributed by atoms with E-state index in [0.29, 0.717) is 5.75 Å². The zero-order valence-corrected chi connectivity index (χ0v) is 15.1. The zero-order valence-electron chi connectivity index (χ0n) is 15.1. The summed E-state index contributed by atoms with van der Waals surface area (Å²) in [5, 5.41) is 1.76. The first-order chi connectivity index (χ1) is 13.1. The van der Waals surface area contributed by atoms with E-state index in [2.05, 4.69) is 0 Å². The summed E-state index contributed by atoms with van der Waals surface area (Å²) in [6.45, 7) is -0.244. The summed E-state index contributed by atoms with van der Waals surface area (Å²) >= 11 is 0. The van der Waals surface area contributed by atoms with Crippen LogP contribution in [-0.4, -0.2) is 24.3 Å². The van der Waals surface area contributed by atoms with E-state index in [1.165, 1.54) is 0 Å². The maximum atomic E-state index is 12.0. The van der Waals surface area contributed by atoms with Crippen molar-refractivity contribution < 1.29 is 23.9 Å². The van der Waals surface area contributed by atoms with Gasteiger partial charge in [-0.05, 0) is 24.3 Å². The maximum absolute atomic E-state index is 12.0. The van der Waals surface area contributed by atoms with Gasteiger partial charge in [0, 0.05) is 23.5 Å². The topological polar surface area (TPSA) is 69.7 Å². The number of rotatable bonds is 6. The minimum Gasteiger partial charge on any atom is -0.455 e. The van der Waals surface area contributed by atoms with Gasteiger partial charge in [-0.2, -0.15) is 0 Å². The molecular weight excluding hydrogens is 344 g/mol. The lowest BCUT2D eigenvalue weighted by Crippen LogP contribution is -2.23. The van der Waals surface area contributed by atoms with Crippen LogP contribution in [0.2, 0.25) is 0 Å². The Morgan fingerprint density at radius 2 is 1.59 bits per heavy atom. The minimum atomic E-state index is -0.728. The molecule has 5 heteroatoms. The predicted octanol–water partition coefficient (Wildman–Crippen LogP) is 3.99. The fourth-order valence-electron chi connectivity index (χ4n) is 3.30. The van der Waals surface area contributed by atoms with Gasteiger partial charge in [0.2, 0.25) is 0 Å². The molecule has 0 spiro atoms. The van der Waals surface area contributed by atoms with E-state index in [0.717, 1.165) is 55.0 Å². The summed E-state index contributed by atoms with van der Waals surface area (Å²) in [6.07, 6.45) is 6.98. The third kappa shape index (κ3) is 5.26. The number of hydrogen-bond donors (Lipinski definition) is 0. The molecule has 0 amide bonds. The van der Waals surface area contributed by atoms with Crippen molar-refractivity contribution in [3.8, 4) is 5.75 Å². The molecule has 1 fully saturated rings. The number of fused-ring (bicyclic) bond motifs is 1. The van der Waals surface area contributed by atoms with Gasteiger partial charge in [-0.25, -0.2) is 9.59 Å². The first kappa shape index (κ1) is 18.8. The first-order valence-corrected chi connectivity index (χ1v) is 9.20. The Kier molecular flexibility index (Phi) is 6.36. The van der Waals surface area contributed by atoms with Crippen LogP contribution >= 0.6 is 0 Å². The number of ether oxygens (including phenoxy) is 2. The second kappa shape index (κ2) is 9.12. The van der Waals surface area contributed by atoms with Crippen LogP contribution in [0.15, 0.2) is 54.6 Å². The minimum absolute atomic E-state index is 0.00754. The lowest BCUT2D eigenvalue weighted by Gasteiger charge is -2.19. The van der Waals surface area contributed by atoms with Gasteiger partial charge < -0.3 is 9.47 Å². The number of hydrogen-bond acceptors (Lipinski definition) is 5. The van der Waals surface area contributed by atoms with Crippen molar-refractivity contribution in [2.45, 2.75) is 32.1 Å². The molecule has 1 aliphatic rings. The van der Waals surface area contributed by atoms with Crippen molar-refractivity contribution in [2.24, 2.45) is 5.92 Å². The van der Waals surface area contributed by atoms with E-state index in [1.807, 2.05) is 30.3 Å². The van der Waals surface area contributed by atoms with Crippen molar-refractivity contribution in [3.05, 3.63) is 54.6 Å². The molecule has 1 saturated carbocycles. The Balaban J connectivity index is 1.50. The van der Waals surface area contributed by atoms with Crippen LogP contribution in [0.3, 0.4) is 0 Å². The number of Topliss-reactive ketones (excluding diaryl/α,β-unsaturated/α-hetero) is 1.